The molecule has 1 aromatic rings. The maximum absolute atomic E-state index is 13.8. The van der Waals surface area contributed by atoms with Gasteiger partial charge < -0.3 is 13.7 Å². The number of rotatable bonds is 10. The van der Waals surface area contributed by atoms with Crippen molar-refractivity contribution in [2.45, 2.75) is 36.6 Å². The van der Waals surface area contributed by atoms with Crippen LogP contribution in [0.5, 0.6) is 5.75 Å². The van der Waals surface area contributed by atoms with E-state index in [0.29, 0.717) is 24.3 Å². The number of alkyl halides is 6. The molecule has 0 saturated carbocycles. The number of ether oxygens (including phenoxy) is 2. The molecule has 0 aromatic heterocycles. The van der Waals surface area contributed by atoms with Crippen LogP contribution >= 0.6 is 0 Å². The van der Waals surface area contributed by atoms with Crippen molar-refractivity contribution in [2.24, 2.45) is 0 Å². The molecule has 0 amide bonds. The molecular formula is C16H14F6O10S2. The molecule has 0 fully saturated rings. The van der Waals surface area contributed by atoms with Crippen LogP contribution in [-0.4, -0.2) is 56.0 Å². The van der Waals surface area contributed by atoms with E-state index in [2.05, 4.69) is 15.5 Å². The molecule has 0 saturated heterocycles. The highest BCUT2D eigenvalue weighted by Crippen LogP contribution is 2.50. The summed E-state index contributed by atoms with van der Waals surface area (Å²) >= 11 is 0. The lowest BCUT2D eigenvalue weighted by Crippen LogP contribution is -2.61. The first-order chi connectivity index (χ1) is 15.1. The Kier molecular flexibility index (Phi) is 8.08. The molecule has 1 atom stereocenters. The lowest BCUT2D eigenvalue weighted by Gasteiger charge is -2.29. The molecule has 1 N–H and O–H groups in total. The standard InChI is InChI=1S/C16H14F6O10S2/c1-8(2)12(23)30-9(3)31-13(24)10-4-6-11(7-5-10)32-34(28,29)16(21,22)14(17,18)15(19,20)33(25,26)27/h4-7,9H,1H2,2-3H3,(H,25,26,27). The number of halogens is 6. The molecule has 18 heteroatoms. The van der Waals surface area contributed by atoms with Crippen molar-refractivity contribution in [1.29, 1.82) is 0 Å². The molecule has 1 unspecified atom stereocenters. The Morgan fingerprint density at radius 2 is 1.41 bits per heavy atom. The zero-order valence-electron chi connectivity index (χ0n) is 16.8. The van der Waals surface area contributed by atoms with Crippen molar-refractivity contribution in [3.8, 4) is 5.75 Å². The summed E-state index contributed by atoms with van der Waals surface area (Å²) < 4.78 is 146. The van der Waals surface area contributed by atoms with E-state index in [1.807, 2.05) is 0 Å². The van der Waals surface area contributed by atoms with E-state index in [9.17, 15) is 52.8 Å². The van der Waals surface area contributed by atoms with Crippen LogP contribution in [0.15, 0.2) is 36.4 Å². The predicted molar refractivity (Wildman–Crippen MR) is 98.2 cm³/mol. The second-order valence-electron chi connectivity index (χ2n) is 6.30. The number of hydrogen-bond donors (Lipinski definition) is 1. The van der Waals surface area contributed by atoms with Crippen LogP contribution in [0, 0.1) is 0 Å². The number of hydrogen-bond acceptors (Lipinski definition) is 9. The molecule has 0 spiro atoms. The predicted octanol–water partition coefficient (Wildman–Crippen LogP) is 2.73. The van der Waals surface area contributed by atoms with Gasteiger partial charge >= 0.3 is 48.6 Å². The van der Waals surface area contributed by atoms with E-state index in [4.69, 9.17) is 9.29 Å². The first kappa shape index (κ1) is 29.2. The van der Waals surface area contributed by atoms with Gasteiger partial charge in [-0.15, -0.1) is 0 Å². The van der Waals surface area contributed by atoms with E-state index in [1.165, 1.54) is 6.92 Å². The molecule has 1 aromatic carbocycles. The molecule has 34 heavy (non-hydrogen) atoms. The Labute approximate surface area is 188 Å². The molecule has 0 heterocycles. The SMILES string of the molecule is C=C(C)C(=O)OC(C)OC(=O)c1ccc(OS(=O)(=O)C(F)(F)C(F)(F)C(F)(F)S(=O)(=O)O)cc1. The topological polar surface area (TPSA) is 150 Å². The molecule has 0 radical (unpaired) electrons. The van der Waals surface area contributed by atoms with Gasteiger partial charge in [0.05, 0.1) is 5.56 Å². The van der Waals surface area contributed by atoms with E-state index in [0.717, 1.165) is 6.92 Å². The van der Waals surface area contributed by atoms with Crippen molar-refractivity contribution in [3.63, 3.8) is 0 Å². The summed E-state index contributed by atoms with van der Waals surface area (Å²) in [6, 6.07) is 2.24. The lowest BCUT2D eigenvalue weighted by atomic mass is 10.2. The Morgan fingerprint density at radius 1 is 0.941 bits per heavy atom. The van der Waals surface area contributed by atoms with E-state index >= 15 is 0 Å². The summed E-state index contributed by atoms with van der Waals surface area (Å²) in [5.41, 5.74) is -0.444. The first-order valence-corrected chi connectivity index (χ1v) is 11.2. The Balaban J connectivity index is 3.09. The molecule has 0 bridgehead atoms. The van der Waals surface area contributed by atoms with Crippen molar-refractivity contribution in [1.82, 2.24) is 0 Å². The van der Waals surface area contributed by atoms with E-state index in [1.54, 1.807) is 0 Å². The fourth-order valence-corrected chi connectivity index (χ4v) is 3.24. The summed E-state index contributed by atoms with van der Waals surface area (Å²) in [6.07, 6.45) is -1.43. The zero-order chi connectivity index (χ0) is 26.9. The number of carbonyl (C=O) groups excluding carboxylic acids is 2. The quantitative estimate of drug-likeness (QED) is 0.116. The maximum Gasteiger partial charge on any atom is 0.450 e. The van der Waals surface area contributed by atoms with Gasteiger partial charge in [-0.1, -0.05) is 6.58 Å². The monoisotopic (exact) mass is 544 g/mol. The van der Waals surface area contributed by atoms with Crippen LogP contribution in [0.1, 0.15) is 24.2 Å². The van der Waals surface area contributed by atoms with Gasteiger partial charge in [-0.3, -0.25) is 4.55 Å². The minimum absolute atomic E-state index is 0.0256. The summed E-state index contributed by atoms with van der Waals surface area (Å²) in [6.45, 7) is 5.71. The Bertz CT molecular complexity index is 1180. The average Bonchev–Trinajstić information content (AvgIpc) is 2.66. The number of esters is 2. The van der Waals surface area contributed by atoms with Crippen LogP contribution in [0.4, 0.5) is 26.3 Å². The van der Waals surface area contributed by atoms with Crippen molar-refractivity contribution in [3.05, 3.63) is 42.0 Å². The molecule has 0 aliphatic carbocycles. The van der Waals surface area contributed by atoms with Gasteiger partial charge in [-0.05, 0) is 31.2 Å². The number of carbonyl (C=O) groups is 2. The van der Waals surface area contributed by atoms with Gasteiger partial charge in [0.1, 0.15) is 5.75 Å². The Hall–Kier alpha value is -2.86. The second kappa shape index (κ2) is 9.41. The highest BCUT2D eigenvalue weighted by atomic mass is 32.2. The molecule has 192 valence electrons. The summed E-state index contributed by atoms with van der Waals surface area (Å²) in [5, 5.41) is -13.8. The van der Waals surface area contributed by atoms with Crippen LogP contribution in [0.2, 0.25) is 0 Å². The fourth-order valence-electron chi connectivity index (χ4n) is 1.81. The zero-order valence-corrected chi connectivity index (χ0v) is 18.4. The van der Waals surface area contributed by atoms with Crippen molar-refractivity contribution < 1.29 is 71.0 Å². The van der Waals surface area contributed by atoms with Crippen molar-refractivity contribution in [2.75, 3.05) is 0 Å². The van der Waals surface area contributed by atoms with Gasteiger partial charge in [0.15, 0.2) is 0 Å². The third-order valence-corrected chi connectivity index (χ3v) is 5.76. The number of benzene rings is 1. The van der Waals surface area contributed by atoms with Crippen LogP contribution in [0.25, 0.3) is 0 Å². The van der Waals surface area contributed by atoms with Crippen LogP contribution in [-0.2, 0) is 34.5 Å². The minimum atomic E-state index is -7.18. The molecular weight excluding hydrogens is 530 g/mol. The van der Waals surface area contributed by atoms with Gasteiger partial charge in [0, 0.05) is 12.5 Å². The highest BCUT2D eigenvalue weighted by Gasteiger charge is 2.83. The van der Waals surface area contributed by atoms with Crippen LogP contribution in [0.3, 0.4) is 0 Å². The van der Waals surface area contributed by atoms with Crippen LogP contribution < -0.4 is 4.18 Å². The molecule has 10 nitrogen and oxygen atoms in total. The largest absolute Gasteiger partial charge is 0.450 e. The van der Waals surface area contributed by atoms with Gasteiger partial charge in [-0.25, -0.2) is 9.59 Å². The van der Waals surface area contributed by atoms with Gasteiger partial charge in [0.2, 0.25) is 6.29 Å². The third kappa shape index (κ3) is 5.61. The van der Waals surface area contributed by atoms with E-state index < -0.39 is 66.2 Å². The molecule has 0 aliphatic rings. The second-order valence-corrected chi connectivity index (χ2v) is 9.35. The summed E-state index contributed by atoms with van der Waals surface area (Å²) in [4.78, 5) is 23.2. The molecule has 1 rings (SSSR count). The minimum Gasteiger partial charge on any atom is -0.422 e. The van der Waals surface area contributed by atoms with Gasteiger partial charge in [-0.2, -0.15) is 43.2 Å². The summed E-state index contributed by atoms with van der Waals surface area (Å²) in [5.74, 6) is -10.5. The molecule has 0 aliphatic heterocycles. The van der Waals surface area contributed by atoms with Crippen molar-refractivity contribution >= 4 is 32.2 Å². The lowest BCUT2D eigenvalue weighted by molar-refractivity contribution is -0.247. The fraction of sp³-hybridized carbons (Fsp3) is 0.375. The normalized spacial score (nSPS) is 14.1. The maximum atomic E-state index is 13.8. The smallest absolute Gasteiger partial charge is 0.422 e. The third-order valence-electron chi connectivity index (χ3n) is 3.56. The average molecular weight is 544 g/mol. The van der Waals surface area contributed by atoms with E-state index in [-0.39, 0.29) is 5.57 Å². The first-order valence-electron chi connectivity index (χ1n) is 8.30. The van der Waals surface area contributed by atoms with Gasteiger partial charge in [0.25, 0.3) is 0 Å². The summed E-state index contributed by atoms with van der Waals surface area (Å²) in [7, 11) is -14.2. The Morgan fingerprint density at radius 3 is 1.82 bits per heavy atom. The highest BCUT2D eigenvalue weighted by molar-refractivity contribution is 7.88.